The molecule has 4 fully saturated rings. The third kappa shape index (κ3) is 1.70. The van der Waals surface area contributed by atoms with E-state index in [2.05, 4.69) is 6.92 Å². The molecule has 0 amide bonds. The largest absolute Gasteiger partial charge is 0.0620 e. The molecule has 4 aliphatic carbocycles. The highest BCUT2D eigenvalue weighted by Crippen LogP contribution is 2.56. The van der Waals surface area contributed by atoms with Gasteiger partial charge >= 0.3 is 0 Å². The molecule has 4 aliphatic rings. The quantitative estimate of drug-likeness (QED) is 0.636. The van der Waals surface area contributed by atoms with Crippen molar-refractivity contribution < 1.29 is 0 Å². The van der Waals surface area contributed by atoms with Crippen molar-refractivity contribution in [3.63, 3.8) is 0 Å². The molecule has 2 bridgehead atoms. The molecule has 6 unspecified atom stereocenters. The van der Waals surface area contributed by atoms with Gasteiger partial charge in [0.05, 0.1) is 0 Å². The van der Waals surface area contributed by atoms with Gasteiger partial charge in [0.15, 0.2) is 0 Å². The van der Waals surface area contributed by atoms with E-state index >= 15 is 0 Å². The van der Waals surface area contributed by atoms with Crippen LogP contribution in [0.2, 0.25) is 0 Å². The van der Waals surface area contributed by atoms with Gasteiger partial charge in [0.1, 0.15) is 0 Å². The van der Waals surface area contributed by atoms with Crippen molar-refractivity contribution in [2.24, 2.45) is 41.4 Å². The lowest BCUT2D eigenvalue weighted by atomic mass is 9.73. The van der Waals surface area contributed by atoms with Crippen LogP contribution in [0.15, 0.2) is 0 Å². The summed E-state index contributed by atoms with van der Waals surface area (Å²) in [6, 6.07) is 0. The molecule has 0 spiro atoms. The van der Waals surface area contributed by atoms with Crippen LogP contribution >= 0.6 is 0 Å². The Labute approximate surface area is 107 Å². The molecule has 4 rings (SSSR count). The molecule has 0 N–H and O–H groups in total. The molecular formula is C17H28. The molecule has 0 heteroatoms. The van der Waals surface area contributed by atoms with E-state index in [1.165, 1.54) is 0 Å². The summed E-state index contributed by atoms with van der Waals surface area (Å²) in [6.07, 6.45) is 14.3. The second-order valence-corrected chi connectivity index (χ2v) is 7.88. The Kier molecular flexibility index (Phi) is 2.56. The second-order valence-electron chi connectivity index (χ2n) is 7.88. The fourth-order valence-electron chi connectivity index (χ4n) is 6.32. The third-order valence-electron chi connectivity index (χ3n) is 7.24. The number of hydrogen-bond donors (Lipinski definition) is 0. The fourth-order valence-corrected chi connectivity index (χ4v) is 6.32. The summed E-state index contributed by atoms with van der Waals surface area (Å²) < 4.78 is 0. The van der Waals surface area contributed by atoms with Crippen LogP contribution in [0.25, 0.3) is 0 Å². The van der Waals surface area contributed by atoms with Crippen LogP contribution in [0.1, 0.15) is 64.7 Å². The zero-order chi connectivity index (χ0) is 11.4. The molecule has 6 atom stereocenters. The molecule has 0 aliphatic heterocycles. The normalized spacial score (nSPS) is 54.2. The SMILES string of the molecule is CC(C1CC2CCCC2C1)C1CC2CCC1C2. The highest BCUT2D eigenvalue weighted by molar-refractivity contribution is 4.97. The first-order valence-corrected chi connectivity index (χ1v) is 8.31. The maximum absolute atomic E-state index is 2.62. The molecule has 0 heterocycles. The second kappa shape index (κ2) is 4.00. The van der Waals surface area contributed by atoms with E-state index in [4.69, 9.17) is 0 Å². The van der Waals surface area contributed by atoms with Gasteiger partial charge in [-0.05, 0) is 73.5 Å². The van der Waals surface area contributed by atoms with Crippen molar-refractivity contribution in [1.82, 2.24) is 0 Å². The fraction of sp³-hybridized carbons (Fsp3) is 1.00. The molecule has 0 aromatic carbocycles. The topological polar surface area (TPSA) is 0 Å². The van der Waals surface area contributed by atoms with Crippen molar-refractivity contribution in [2.45, 2.75) is 64.7 Å². The maximum Gasteiger partial charge on any atom is -0.0355 e. The van der Waals surface area contributed by atoms with Gasteiger partial charge < -0.3 is 0 Å². The van der Waals surface area contributed by atoms with Crippen LogP contribution in [0, 0.1) is 41.4 Å². The van der Waals surface area contributed by atoms with E-state index in [0.717, 1.165) is 41.4 Å². The molecule has 0 nitrogen and oxygen atoms in total. The Morgan fingerprint density at radius 2 is 1.53 bits per heavy atom. The first-order chi connectivity index (χ1) is 8.31. The molecule has 0 aromatic heterocycles. The van der Waals surface area contributed by atoms with Gasteiger partial charge in [-0.3, -0.25) is 0 Å². The summed E-state index contributed by atoms with van der Waals surface area (Å²) in [5.41, 5.74) is 0. The summed E-state index contributed by atoms with van der Waals surface area (Å²) in [6.45, 7) is 2.62. The van der Waals surface area contributed by atoms with Crippen LogP contribution in [-0.4, -0.2) is 0 Å². The minimum Gasteiger partial charge on any atom is -0.0620 e. The zero-order valence-electron chi connectivity index (χ0n) is 11.4. The average Bonchev–Trinajstić information content (AvgIpc) is 3.06. The number of hydrogen-bond acceptors (Lipinski definition) is 0. The van der Waals surface area contributed by atoms with Gasteiger partial charge in [0, 0.05) is 0 Å². The summed E-state index contributed by atoms with van der Waals surface area (Å²) in [5, 5.41) is 0. The van der Waals surface area contributed by atoms with E-state index in [1.54, 1.807) is 57.8 Å². The maximum atomic E-state index is 2.62. The first-order valence-electron chi connectivity index (χ1n) is 8.31. The average molecular weight is 232 g/mol. The van der Waals surface area contributed by atoms with E-state index in [1.807, 2.05) is 0 Å². The molecule has 17 heavy (non-hydrogen) atoms. The standard InChI is InChI=1S/C17H28/c1-11(17-8-12-5-6-15(17)7-12)16-9-13-3-2-4-14(13)10-16/h11-17H,2-10H2,1H3. The lowest BCUT2D eigenvalue weighted by Gasteiger charge is -2.32. The summed E-state index contributed by atoms with van der Waals surface area (Å²) in [5.74, 6) is 7.93. The van der Waals surface area contributed by atoms with Gasteiger partial charge in [-0.2, -0.15) is 0 Å². The van der Waals surface area contributed by atoms with Crippen molar-refractivity contribution >= 4 is 0 Å². The van der Waals surface area contributed by atoms with Crippen LogP contribution in [-0.2, 0) is 0 Å². The van der Waals surface area contributed by atoms with E-state index < -0.39 is 0 Å². The monoisotopic (exact) mass is 232 g/mol. The lowest BCUT2D eigenvalue weighted by Crippen LogP contribution is -2.24. The first kappa shape index (κ1) is 10.9. The predicted molar refractivity (Wildman–Crippen MR) is 71.7 cm³/mol. The minimum atomic E-state index is 1.07. The smallest absolute Gasteiger partial charge is 0.0355 e. The van der Waals surface area contributed by atoms with Crippen molar-refractivity contribution in [2.75, 3.05) is 0 Å². The molecule has 0 radical (unpaired) electrons. The van der Waals surface area contributed by atoms with E-state index in [9.17, 15) is 0 Å². The zero-order valence-corrected chi connectivity index (χ0v) is 11.4. The van der Waals surface area contributed by atoms with Gasteiger partial charge in [0.25, 0.3) is 0 Å². The summed E-state index contributed by atoms with van der Waals surface area (Å²) >= 11 is 0. The Morgan fingerprint density at radius 1 is 0.765 bits per heavy atom. The summed E-state index contributed by atoms with van der Waals surface area (Å²) in [7, 11) is 0. The van der Waals surface area contributed by atoms with Crippen molar-refractivity contribution in [3.8, 4) is 0 Å². The molecule has 4 saturated carbocycles. The van der Waals surface area contributed by atoms with Crippen molar-refractivity contribution in [1.29, 1.82) is 0 Å². The minimum absolute atomic E-state index is 1.07. The highest BCUT2D eigenvalue weighted by atomic mass is 14.5. The van der Waals surface area contributed by atoms with E-state index in [-0.39, 0.29) is 0 Å². The van der Waals surface area contributed by atoms with Crippen LogP contribution < -0.4 is 0 Å². The Morgan fingerprint density at radius 3 is 2.12 bits per heavy atom. The van der Waals surface area contributed by atoms with Crippen LogP contribution in [0.5, 0.6) is 0 Å². The number of rotatable bonds is 2. The Balaban J connectivity index is 1.42. The van der Waals surface area contributed by atoms with Crippen LogP contribution in [0.3, 0.4) is 0 Å². The van der Waals surface area contributed by atoms with Gasteiger partial charge in [-0.15, -0.1) is 0 Å². The molecule has 0 aromatic rings. The Hall–Kier alpha value is 0. The van der Waals surface area contributed by atoms with Gasteiger partial charge in [-0.1, -0.05) is 32.6 Å². The summed E-state index contributed by atoms with van der Waals surface area (Å²) in [4.78, 5) is 0. The lowest BCUT2D eigenvalue weighted by molar-refractivity contribution is 0.173. The van der Waals surface area contributed by atoms with Gasteiger partial charge in [0.2, 0.25) is 0 Å². The number of fused-ring (bicyclic) bond motifs is 3. The van der Waals surface area contributed by atoms with Gasteiger partial charge in [-0.25, -0.2) is 0 Å². The Bertz CT molecular complexity index is 282. The van der Waals surface area contributed by atoms with Crippen molar-refractivity contribution in [3.05, 3.63) is 0 Å². The molecule has 0 saturated heterocycles. The van der Waals surface area contributed by atoms with Crippen LogP contribution in [0.4, 0.5) is 0 Å². The molecule has 96 valence electrons. The third-order valence-corrected chi connectivity index (χ3v) is 7.24. The predicted octanol–water partition coefficient (Wildman–Crippen LogP) is 4.89. The van der Waals surface area contributed by atoms with E-state index in [0.29, 0.717) is 0 Å². The highest BCUT2D eigenvalue weighted by Gasteiger charge is 2.46. The molecular weight excluding hydrogens is 204 g/mol.